The molecule has 0 spiro atoms. The number of hydrogen-bond acceptors (Lipinski definition) is 7. The third-order valence-electron chi connectivity index (χ3n) is 7.28. The van der Waals surface area contributed by atoms with Gasteiger partial charge >= 0.3 is 17.9 Å². The molecule has 3 aliphatic rings. The van der Waals surface area contributed by atoms with Crippen LogP contribution in [0.5, 0.6) is 0 Å². The molecule has 7 nitrogen and oxygen atoms in total. The van der Waals surface area contributed by atoms with Gasteiger partial charge in [-0.15, -0.1) is 0 Å². The van der Waals surface area contributed by atoms with Crippen molar-refractivity contribution in [3.8, 4) is 0 Å². The fraction of sp³-hybridized carbons (Fsp3) is 0.731. The third-order valence-corrected chi connectivity index (χ3v) is 7.28. The van der Waals surface area contributed by atoms with E-state index < -0.39 is 23.5 Å². The molecule has 184 valence electrons. The highest BCUT2D eigenvalue weighted by atomic mass is 16.6. The van der Waals surface area contributed by atoms with Crippen LogP contribution in [0.1, 0.15) is 66.2 Å². The van der Waals surface area contributed by atoms with E-state index in [0.29, 0.717) is 12.8 Å². The average Bonchev–Trinajstić information content (AvgIpc) is 2.72. The number of allylic oxidation sites excluding steroid dienone is 3. The molecule has 1 fully saturated rings. The van der Waals surface area contributed by atoms with Gasteiger partial charge < -0.3 is 19.3 Å². The first-order valence-electron chi connectivity index (χ1n) is 12.1. The van der Waals surface area contributed by atoms with E-state index in [1.807, 2.05) is 0 Å². The third kappa shape index (κ3) is 6.25. The predicted octanol–water partition coefficient (Wildman–Crippen LogP) is 3.74. The number of rotatable bonds is 7. The van der Waals surface area contributed by atoms with Gasteiger partial charge in [0.2, 0.25) is 0 Å². The molecular weight excluding hydrogens is 424 g/mol. The SMILES string of the molecule is COC(=O)CC(C)(C)C(=O)O[C@H]1C[C@@H](C)C=C2C=C[C@H](C)[C@H](CC[C@@H]3C[C@@H](O)CC(=O)O3)[C@H]21. The second-order valence-electron chi connectivity index (χ2n) is 10.7. The minimum absolute atomic E-state index is 0.0346. The molecule has 3 rings (SSSR count). The Morgan fingerprint density at radius 1 is 1.21 bits per heavy atom. The number of ether oxygens (including phenoxy) is 3. The normalized spacial score (nSPS) is 34.1. The Morgan fingerprint density at radius 3 is 2.61 bits per heavy atom. The summed E-state index contributed by atoms with van der Waals surface area (Å²) in [6, 6.07) is 0. The van der Waals surface area contributed by atoms with Crippen molar-refractivity contribution in [2.75, 3.05) is 7.11 Å². The van der Waals surface area contributed by atoms with Gasteiger partial charge in [-0.25, -0.2) is 0 Å². The second-order valence-corrected chi connectivity index (χ2v) is 10.7. The van der Waals surface area contributed by atoms with Crippen molar-refractivity contribution in [3.63, 3.8) is 0 Å². The van der Waals surface area contributed by atoms with E-state index in [4.69, 9.17) is 14.2 Å². The van der Waals surface area contributed by atoms with Crippen molar-refractivity contribution >= 4 is 17.9 Å². The topological polar surface area (TPSA) is 99.1 Å². The van der Waals surface area contributed by atoms with Gasteiger partial charge in [0, 0.05) is 12.3 Å². The molecule has 0 aromatic carbocycles. The van der Waals surface area contributed by atoms with Crippen molar-refractivity contribution in [1.29, 1.82) is 0 Å². The average molecular weight is 463 g/mol. The fourth-order valence-electron chi connectivity index (χ4n) is 5.44. The molecule has 0 bridgehead atoms. The highest BCUT2D eigenvalue weighted by Crippen LogP contribution is 2.45. The predicted molar refractivity (Wildman–Crippen MR) is 122 cm³/mol. The molecule has 0 aromatic heterocycles. The van der Waals surface area contributed by atoms with Crippen LogP contribution >= 0.6 is 0 Å². The quantitative estimate of drug-likeness (QED) is 0.454. The van der Waals surface area contributed by atoms with Crippen LogP contribution in [0.2, 0.25) is 0 Å². The lowest BCUT2D eigenvalue weighted by atomic mass is 9.65. The molecule has 1 aliphatic heterocycles. The van der Waals surface area contributed by atoms with Gasteiger partial charge in [-0.2, -0.15) is 0 Å². The number of cyclic esters (lactones) is 1. The number of esters is 3. The van der Waals surface area contributed by atoms with Crippen molar-refractivity contribution in [2.24, 2.45) is 29.1 Å². The van der Waals surface area contributed by atoms with Crippen LogP contribution < -0.4 is 0 Å². The van der Waals surface area contributed by atoms with Crippen LogP contribution in [0, 0.1) is 29.1 Å². The van der Waals surface area contributed by atoms with Crippen LogP contribution in [0.4, 0.5) is 0 Å². The standard InChI is InChI=1S/C26H38O7/c1-15-10-17-7-6-16(2)20(9-8-19-12-18(27)13-22(28)32-19)24(17)21(11-15)33-25(30)26(3,4)14-23(29)31-5/h6-7,10,15-16,18-21,24,27H,8-9,11-14H2,1-5H3/t15-,16-,18+,19+,20-,21-,24-/m0/s1. The van der Waals surface area contributed by atoms with Gasteiger partial charge in [0.1, 0.15) is 12.2 Å². The maximum atomic E-state index is 13.1. The molecule has 1 saturated heterocycles. The molecule has 0 amide bonds. The van der Waals surface area contributed by atoms with E-state index in [-0.39, 0.29) is 54.7 Å². The van der Waals surface area contributed by atoms with Crippen molar-refractivity contribution in [1.82, 2.24) is 0 Å². The van der Waals surface area contributed by atoms with Crippen LogP contribution in [0.15, 0.2) is 23.8 Å². The van der Waals surface area contributed by atoms with E-state index in [2.05, 4.69) is 32.1 Å². The van der Waals surface area contributed by atoms with Crippen LogP contribution in [-0.2, 0) is 28.6 Å². The van der Waals surface area contributed by atoms with E-state index in [9.17, 15) is 19.5 Å². The Hall–Kier alpha value is -2.15. The monoisotopic (exact) mass is 462 g/mol. The van der Waals surface area contributed by atoms with Gasteiger partial charge in [-0.1, -0.05) is 32.1 Å². The molecular formula is C26H38O7. The molecule has 0 radical (unpaired) electrons. The van der Waals surface area contributed by atoms with Gasteiger partial charge in [-0.3, -0.25) is 14.4 Å². The highest BCUT2D eigenvalue weighted by molar-refractivity contribution is 5.82. The van der Waals surface area contributed by atoms with Crippen LogP contribution in [-0.4, -0.2) is 48.4 Å². The number of carbonyl (C=O) groups is 3. The lowest BCUT2D eigenvalue weighted by Crippen LogP contribution is -2.43. The zero-order chi connectivity index (χ0) is 24.3. The molecule has 0 aromatic rings. The lowest BCUT2D eigenvalue weighted by Gasteiger charge is -2.44. The van der Waals surface area contributed by atoms with E-state index in [0.717, 1.165) is 12.8 Å². The van der Waals surface area contributed by atoms with Crippen LogP contribution in [0.3, 0.4) is 0 Å². The zero-order valence-electron chi connectivity index (χ0n) is 20.4. The Morgan fingerprint density at radius 2 is 1.94 bits per heavy atom. The number of hydrogen-bond donors (Lipinski definition) is 1. The lowest BCUT2D eigenvalue weighted by molar-refractivity contribution is -0.169. The van der Waals surface area contributed by atoms with Gasteiger partial charge in [-0.05, 0) is 56.4 Å². The molecule has 0 saturated carbocycles. The van der Waals surface area contributed by atoms with Gasteiger partial charge in [0.25, 0.3) is 0 Å². The van der Waals surface area contributed by atoms with Gasteiger partial charge in [0.15, 0.2) is 0 Å². The summed E-state index contributed by atoms with van der Waals surface area (Å²) in [4.78, 5) is 36.6. The molecule has 0 unspecified atom stereocenters. The maximum absolute atomic E-state index is 13.1. The van der Waals surface area contributed by atoms with Crippen molar-refractivity contribution < 1.29 is 33.7 Å². The highest BCUT2D eigenvalue weighted by Gasteiger charge is 2.44. The molecule has 2 aliphatic carbocycles. The van der Waals surface area contributed by atoms with E-state index in [1.54, 1.807) is 13.8 Å². The molecule has 1 heterocycles. The fourth-order valence-corrected chi connectivity index (χ4v) is 5.44. The Kier molecular flexibility index (Phi) is 8.04. The van der Waals surface area contributed by atoms with Crippen LogP contribution in [0.25, 0.3) is 0 Å². The summed E-state index contributed by atoms with van der Waals surface area (Å²) in [5.41, 5.74) is 0.205. The molecule has 7 heteroatoms. The summed E-state index contributed by atoms with van der Waals surface area (Å²) in [6.45, 7) is 7.70. The first-order chi connectivity index (χ1) is 15.5. The maximum Gasteiger partial charge on any atom is 0.312 e. The van der Waals surface area contributed by atoms with Gasteiger partial charge in [0.05, 0.1) is 31.5 Å². The minimum atomic E-state index is -0.976. The number of aliphatic hydroxyl groups excluding tert-OH is 1. The second kappa shape index (κ2) is 10.4. The largest absolute Gasteiger partial charge is 0.469 e. The van der Waals surface area contributed by atoms with E-state index >= 15 is 0 Å². The number of methoxy groups -OCH3 is 1. The van der Waals surface area contributed by atoms with Crippen molar-refractivity contribution in [2.45, 2.75) is 84.5 Å². The first-order valence-corrected chi connectivity index (χ1v) is 12.1. The smallest absolute Gasteiger partial charge is 0.312 e. The number of carbonyl (C=O) groups excluding carboxylic acids is 3. The Balaban J connectivity index is 1.75. The molecule has 33 heavy (non-hydrogen) atoms. The number of aliphatic hydroxyl groups is 1. The number of fused-ring (bicyclic) bond motifs is 1. The summed E-state index contributed by atoms with van der Waals surface area (Å²) >= 11 is 0. The summed E-state index contributed by atoms with van der Waals surface area (Å²) in [5.74, 6) is -0.374. The van der Waals surface area contributed by atoms with Crippen molar-refractivity contribution in [3.05, 3.63) is 23.8 Å². The summed E-state index contributed by atoms with van der Waals surface area (Å²) in [6.07, 6.45) is 8.07. The Bertz CT molecular complexity index is 811. The zero-order valence-corrected chi connectivity index (χ0v) is 20.4. The summed E-state index contributed by atoms with van der Waals surface area (Å²) in [5, 5.41) is 9.94. The Labute approximate surface area is 196 Å². The summed E-state index contributed by atoms with van der Waals surface area (Å²) < 4.78 is 16.3. The molecule has 7 atom stereocenters. The summed E-state index contributed by atoms with van der Waals surface area (Å²) in [7, 11) is 1.31. The van der Waals surface area contributed by atoms with E-state index in [1.165, 1.54) is 12.7 Å². The molecule has 1 N–H and O–H groups in total. The minimum Gasteiger partial charge on any atom is -0.469 e. The first kappa shape index (κ1) is 25.5.